The fraction of sp³-hybridized carbons (Fsp3) is 0.273. The van der Waals surface area contributed by atoms with Gasteiger partial charge in [-0.1, -0.05) is 17.2 Å². The number of aromatic nitrogens is 2. The monoisotopic (exact) mass is 282 g/mol. The van der Waals surface area contributed by atoms with E-state index in [1.54, 1.807) is 25.1 Å². The minimum atomic E-state index is -3.76. The van der Waals surface area contributed by atoms with Gasteiger partial charge in [-0.3, -0.25) is 0 Å². The maximum Gasteiger partial charge on any atom is 0.329 e. The van der Waals surface area contributed by atoms with Crippen molar-refractivity contribution in [3.8, 4) is 0 Å². The van der Waals surface area contributed by atoms with Crippen molar-refractivity contribution in [3.63, 3.8) is 0 Å². The first kappa shape index (κ1) is 13.3. The number of hydrogen-bond donors (Lipinski definition) is 2. The summed E-state index contributed by atoms with van der Waals surface area (Å²) in [7, 11) is -3.76. The SMILES string of the molecule is CCNc1ccccc1S(=O)(=O)Nc1nnc(C)o1. The molecule has 1 heterocycles. The van der Waals surface area contributed by atoms with Gasteiger partial charge in [0.25, 0.3) is 10.0 Å². The molecule has 0 saturated heterocycles. The Balaban J connectivity index is 2.34. The molecule has 0 aliphatic rings. The molecule has 2 aromatic rings. The predicted octanol–water partition coefficient (Wildman–Crippen LogP) is 1.61. The van der Waals surface area contributed by atoms with E-state index in [4.69, 9.17) is 4.42 Å². The minimum Gasteiger partial charge on any atom is -0.408 e. The van der Waals surface area contributed by atoms with E-state index in [1.807, 2.05) is 6.92 Å². The molecule has 8 heteroatoms. The molecule has 19 heavy (non-hydrogen) atoms. The second kappa shape index (κ2) is 5.27. The summed E-state index contributed by atoms with van der Waals surface area (Å²) in [5, 5.41) is 10.2. The van der Waals surface area contributed by atoms with Gasteiger partial charge in [0.15, 0.2) is 0 Å². The van der Waals surface area contributed by atoms with Gasteiger partial charge in [-0.15, -0.1) is 5.10 Å². The van der Waals surface area contributed by atoms with Gasteiger partial charge in [0, 0.05) is 13.5 Å². The Morgan fingerprint density at radius 3 is 2.63 bits per heavy atom. The van der Waals surface area contributed by atoms with Crippen molar-refractivity contribution in [1.29, 1.82) is 0 Å². The van der Waals surface area contributed by atoms with Crippen molar-refractivity contribution in [3.05, 3.63) is 30.2 Å². The number of benzene rings is 1. The van der Waals surface area contributed by atoms with E-state index in [1.165, 1.54) is 6.07 Å². The lowest BCUT2D eigenvalue weighted by Crippen LogP contribution is -2.15. The van der Waals surface area contributed by atoms with Crippen molar-refractivity contribution < 1.29 is 12.8 Å². The number of sulfonamides is 1. The fourth-order valence-corrected chi connectivity index (χ4v) is 2.65. The molecule has 0 unspecified atom stereocenters. The van der Waals surface area contributed by atoms with Gasteiger partial charge in [0.05, 0.1) is 5.69 Å². The van der Waals surface area contributed by atoms with Gasteiger partial charge in [-0.25, -0.2) is 13.1 Å². The summed E-state index contributed by atoms with van der Waals surface area (Å²) in [6.45, 7) is 4.09. The number of para-hydroxylation sites is 1. The first-order chi connectivity index (χ1) is 9.03. The van der Waals surface area contributed by atoms with Crippen LogP contribution in [0.3, 0.4) is 0 Å². The highest BCUT2D eigenvalue weighted by Gasteiger charge is 2.20. The van der Waals surface area contributed by atoms with Crippen LogP contribution in [0.1, 0.15) is 12.8 Å². The molecule has 0 saturated carbocycles. The maximum absolute atomic E-state index is 12.2. The summed E-state index contributed by atoms with van der Waals surface area (Å²) in [6.07, 6.45) is 0. The van der Waals surface area contributed by atoms with E-state index in [9.17, 15) is 8.42 Å². The number of anilines is 2. The second-order valence-corrected chi connectivity index (χ2v) is 5.41. The molecule has 7 nitrogen and oxygen atoms in total. The summed E-state index contributed by atoms with van der Waals surface area (Å²) < 4.78 is 31.7. The predicted molar refractivity (Wildman–Crippen MR) is 70.4 cm³/mol. The topological polar surface area (TPSA) is 97.1 Å². The van der Waals surface area contributed by atoms with Gasteiger partial charge in [0.2, 0.25) is 5.89 Å². The lowest BCUT2D eigenvalue weighted by Gasteiger charge is -2.10. The van der Waals surface area contributed by atoms with Gasteiger partial charge in [-0.2, -0.15) is 0 Å². The smallest absolute Gasteiger partial charge is 0.329 e. The molecular formula is C11H14N4O3S. The molecule has 0 aliphatic heterocycles. The summed E-state index contributed by atoms with van der Waals surface area (Å²) in [4.78, 5) is 0.132. The van der Waals surface area contributed by atoms with Crippen molar-refractivity contribution in [2.75, 3.05) is 16.6 Å². The van der Waals surface area contributed by atoms with Gasteiger partial charge in [-0.05, 0) is 19.1 Å². The summed E-state index contributed by atoms with van der Waals surface area (Å²) >= 11 is 0. The second-order valence-electron chi connectivity index (χ2n) is 3.76. The fourth-order valence-electron chi connectivity index (χ4n) is 1.55. The summed E-state index contributed by atoms with van der Waals surface area (Å²) in [5.41, 5.74) is 0.522. The molecule has 0 spiro atoms. The lowest BCUT2D eigenvalue weighted by molar-refractivity contribution is 0.534. The highest BCUT2D eigenvalue weighted by atomic mass is 32.2. The van der Waals surface area contributed by atoms with Crippen molar-refractivity contribution in [2.24, 2.45) is 0 Å². The third-order valence-electron chi connectivity index (χ3n) is 2.29. The molecule has 1 aromatic heterocycles. The highest BCUT2D eigenvalue weighted by molar-refractivity contribution is 7.92. The van der Waals surface area contributed by atoms with Crippen LogP contribution in [0.5, 0.6) is 0 Å². The number of aryl methyl sites for hydroxylation is 1. The quantitative estimate of drug-likeness (QED) is 0.864. The zero-order valence-corrected chi connectivity index (χ0v) is 11.4. The van der Waals surface area contributed by atoms with E-state index in [0.29, 0.717) is 12.2 Å². The van der Waals surface area contributed by atoms with Gasteiger partial charge >= 0.3 is 6.01 Å². The van der Waals surface area contributed by atoms with Crippen LogP contribution in [0, 0.1) is 6.92 Å². The van der Waals surface area contributed by atoms with Crippen LogP contribution in [-0.4, -0.2) is 25.2 Å². The van der Waals surface area contributed by atoms with E-state index in [0.717, 1.165) is 0 Å². The van der Waals surface area contributed by atoms with Crippen LogP contribution < -0.4 is 10.0 Å². The molecule has 0 aliphatic carbocycles. The Kier molecular flexibility index (Phi) is 3.70. The number of nitrogens with one attached hydrogen (secondary N) is 2. The third-order valence-corrected chi connectivity index (χ3v) is 3.67. The van der Waals surface area contributed by atoms with Crippen molar-refractivity contribution in [2.45, 2.75) is 18.7 Å². The van der Waals surface area contributed by atoms with Crippen LogP contribution >= 0.6 is 0 Å². The first-order valence-electron chi connectivity index (χ1n) is 5.69. The third kappa shape index (κ3) is 3.02. The molecule has 0 radical (unpaired) electrons. The number of nitrogens with zero attached hydrogens (tertiary/aromatic N) is 2. The van der Waals surface area contributed by atoms with Crippen LogP contribution in [-0.2, 0) is 10.0 Å². The zero-order valence-electron chi connectivity index (χ0n) is 10.5. The van der Waals surface area contributed by atoms with E-state index >= 15 is 0 Å². The van der Waals surface area contributed by atoms with Crippen LogP contribution in [0.4, 0.5) is 11.7 Å². The van der Waals surface area contributed by atoms with Crippen LogP contribution in [0.25, 0.3) is 0 Å². The highest BCUT2D eigenvalue weighted by Crippen LogP contribution is 2.22. The largest absolute Gasteiger partial charge is 0.408 e. The standard InChI is InChI=1S/C11H14N4O3S/c1-3-12-9-6-4-5-7-10(9)19(16,17)15-11-14-13-8(2)18-11/h4-7,12H,3H2,1-2H3,(H,14,15). The van der Waals surface area contributed by atoms with Gasteiger partial charge < -0.3 is 9.73 Å². The Morgan fingerprint density at radius 1 is 1.26 bits per heavy atom. The summed E-state index contributed by atoms with van der Waals surface area (Å²) in [5.74, 6) is 0.290. The minimum absolute atomic E-state index is 0.132. The van der Waals surface area contributed by atoms with Crippen LogP contribution in [0.2, 0.25) is 0 Å². The molecule has 2 N–H and O–H groups in total. The normalized spacial score (nSPS) is 11.3. The number of rotatable bonds is 5. The summed E-state index contributed by atoms with van der Waals surface area (Å²) in [6, 6.07) is 6.45. The lowest BCUT2D eigenvalue weighted by atomic mass is 10.3. The average Bonchev–Trinajstić information content (AvgIpc) is 2.75. The zero-order chi connectivity index (χ0) is 13.9. The van der Waals surface area contributed by atoms with E-state index in [2.05, 4.69) is 20.2 Å². The first-order valence-corrected chi connectivity index (χ1v) is 7.17. The maximum atomic E-state index is 12.2. The Labute approximate surface area is 111 Å². The van der Waals surface area contributed by atoms with Crippen molar-refractivity contribution in [1.82, 2.24) is 10.2 Å². The molecule has 0 fully saturated rings. The van der Waals surface area contributed by atoms with Crippen LogP contribution in [0.15, 0.2) is 33.6 Å². The van der Waals surface area contributed by atoms with Crippen molar-refractivity contribution >= 4 is 21.7 Å². The molecule has 2 rings (SSSR count). The molecule has 1 aromatic carbocycles. The molecule has 0 bridgehead atoms. The molecule has 0 amide bonds. The van der Waals surface area contributed by atoms with E-state index in [-0.39, 0.29) is 16.8 Å². The average molecular weight is 282 g/mol. The van der Waals surface area contributed by atoms with E-state index < -0.39 is 10.0 Å². The molecular weight excluding hydrogens is 268 g/mol. The Hall–Kier alpha value is -2.09. The Bertz CT molecular complexity index is 666. The molecule has 0 atom stereocenters. The Morgan fingerprint density at radius 2 is 2.00 bits per heavy atom. The van der Waals surface area contributed by atoms with Gasteiger partial charge in [0.1, 0.15) is 4.90 Å². The molecule has 102 valence electrons. The number of hydrogen-bond acceptors (Lipinski definition) is 6.